The zero-order valence-corrected chi connectivity index (χ0v) is 12.1. The third-order valence-electron chi connectivity index (χ3n) is 4.93. The molecule has 2 aromatic carbocycles. The molecular weight excluding hydrogens is 261 g/mol. The number of fused-ring (bicyclic) bond motifs is 1. The van der Waals surface area contributed by atoms with Crippen LogP contribution < -0.4 is 5.32 Å². The Balaban J connectivity index is 1.38. The molecule has 0 radical (unpaired) electrons. The van der Waals surface area contributed by atoms with E-state index in [1.807, 2.05) is 12.1 Å². The first-order chi connectivity index (χ1) is 10.3. The van der Waals surface area contributed by atoms with E-state index in [0.717, 1.165) is 18.4 Å². The van der Waals surface area contributed by atoms with Gasteiger partial charge in [0.1, 0.15) is 5.82 Å². The predicted octanol–water partition coefficient (Wildman–Crippen LogP) is 4.67. The van der Waals surface area contributed by atoms with Gasteiger partial charge in [0, 0.05) is 11.7 Å². The maximum atomic E-state index is 13.2. The number of hydrogen-bond donors (Lipinski definition) is 1. The van der Waals surface area contributed by atoms with Crippen molar-refractivity contribution >= 4 is 5.69 Å². The first kappa shape index (κ1) is 12.9. The third-order valence-corrected chi connectivity index (χ3v) is 4.93. The summed E-state index contributed by atoms with van der Waals surface area (Å²) < 4.78 is 13.2. The van der Waals surface area contributed by atoms with E-state index in [-0.39, 0.29) is 5.82 Å². The average Bonchev–Trinajstić information content (AvgIpc) is 2.89. The first-order valence-electron chi connectivity index (χ1n) is 7.92. The lowest BCUT2D eigenvalue weighted by Crippen LogP contribution is -2.34. The lowest BCUT2D eigenvalue weighted by molar-refractivity contribution is 0.373. The van der Waals surface area contributed by atoms with Gasteiger partial charge in [-0.05, 0) is 79.0 Å². The molecular formula is C19H20FN. The summed E-state index contributed by atoms with van der Waals surface area (Å²) in [5.74, 6) is 0.384. The molecule has 0 bridgehead atoms. The number of anilines is 1. The smallest absolute Gasteiger partial charge is 0.123 e. The molecule has 0 aliphatic heterocycles. The van der Waals surface area contributed by atoms with Gasteiger partial charge in [-0.2, -0.15) is 0 Å². The Labute approximate surface area is 125 Å². The summed E-state index contributed by atoms with van der Waals surface area (Å²) in [5.41, 5.74) is 5.42. The molecule has 2 aromatic rings. The topological polar surface area (TPSA) is 12.0 Å². The highest BCUT2D eigenvalue weighted by atomic mass is 19.1. The third kappa shape index (κ3) is 2.55. The quantitative estimate of drug-likeness (QED) is 0.862. The van der Waals surface area contributed by atoms with Gasteiger partial charge < -0.3 is 5.32 Å². The maximum absolute atomic E-state index is 13.2. The van der Waals surface area contributed by atoms with Crippen LogP contribution in [-0.2, 0) is 12.8 Å². The van der Waals surface area contributed by atoms with Crippen LogP contribution in [0, 0.1) is 5.82 Å². The van der Waals surface area contributed by atoms with Crippen LogP contribution in [0.5, 0.6) is 0 Å². The predicted molar refractivity (Wildman–Crippen MR) is 84.3 cm³/mol. The lowest BCUT2D eigenvalue weighted by atomic mass is 9.76. The summed E-state index contributed by atoms with van der Waals surface area (Å²) in [6.45, 7) is 0. The molecule has 0 unspecified atom stereocenters. The second-order valence-electron chi connectivity index (χ2n) is 6.40. The Hall–Kier alpha value is -1.83. The van der Waals surface area contributed by atoms with Crippen LogP contribution >= 0.6 is 0 Å². The molecule has 21 heavy (non-hydrogen) atoms. The summed E-state index contributed by atoms with van der Waals surface area (Å²) in [7, 11) is 0. The van der Waals surface area contributed by atoms with E-state index in [1.165, 1.54) is 42.1 Å². The number of rotatable bonds is 3. The average molecular weight is 281 g/mol. The van der Waals surface area contributed by atoms with Crippen molar-refractivity contribution in [1.82, 2.24) is 0 Å². The van der Waals surface area contributed by atoms with Crippen molar-refractivity contribution in [2.75, 3.05) is 5.32 Å². The zero-order valence-electron chi connectivity index (χ0n) is 12.1. The lowest BCUT2D eigenvalue weighted by Gasteiger charge is -2.37. The maximum Gasteiger partial charge on any atom is 0.123 e. The first-order valence-corrected chi connectivity index (χ1v) is 7.92. The minimum atomic E-state index is -0.123. The molecule has 1 fully saturated rings. The molecule has 0 saturated heterocycles. The van der Waals surface area contributed by atoms with Crippen molar-refractivity contribution in [2.45, 2.75) is 44.1 Å². The molecule has 2 aliphatic rings. The zero-order chi connectivity index (χ0) is 14.2. The van der Waals surface area contributed by atoms with Crippen LogP contribution in [0.15, 0.2) is 42.5 Å². The van der Waals surface area contributed by atoms with Gasteiger partial charge in [-0.25, -0.2) is 4.39 Å². The van der Waals surface area contributed by atoms with Crippen molar-refractivity contribution in [3.63, 3.8) is 0 Å². The van der Waals surface area contributed by atoms with Gasteiger partial charge in [-0.3, -0.25) is 0 Å². The Morgan fingerprint density at radius 1 is 0.952 bits per heavy atom. The minimum Gasteiger partial charge on any atom is -0.382 e. The minimum absolute atomic E-state index is 0.123. The molecule has 108 valence electrons. The van der Waals surface area contributed by atoms with Gasteiger partial charge in [-0.1, -0.05) is 18.2 Å². The van der Waals surface area contributed by atoms with Crippen LogP contribution in [0.2, 0.25) is 0 Å². The van der Waals surface area contributed by atoms with Crippen LogP contribution in [0.3, 0.4) is 0 Å². The Morgan fingerprint density at radius 3 is 2.67 bits per heavy atom. The van der Waals surface area contributed by atoms with Crippen molar-refractivity contribution in [1.29, 1.82) is 0 Å². The highest BCUT2D eigenvalue weighted by Gasteiger charge is 2.30. The van der Waals surface area contributed by atoms with E-state index in [1.54, 1.807) is 6.07 Å². The van der Waals surface area contributed by atoms with E-state index in [2.05, 4.69) is 23.5 Å². The molecule has 2 aliphatic carbocycles. The molecule has 0 heterocycles. The normalized spacial score (nSPS) is 23.5. The fourth-order valence-corrected chi connectivity index (χ4v) is 3.67. The summed E-state index contributed by atoms with van der Waals surface area (Å²) in [6.07, 6.45) is 5.95. The number of halogens is 1. The molecule has 2 heteroatoms. The highest BCUT2D eigenvalue weighted by Crippen LogP contribution is 2.39. The molecule has 0 spiro atoms. The monoisotopic (exact) mass is 281 g/mol. The van der Waals surface area contributed by atoms with E-state index in [9.17, 15) is 4.39 Å². The molecule has 4 rings (SSSR count). The summed E-state index contributed by atoms with van der Waals surface area (Å²) in [5, 5.41) is 3.63. The van der Waals surface area contributed by atoms with Gasteiger partial charge >= 0.3 is 0 Å². The number of benzene rings is 2. The van der Waals surface area contributed by atoms with Crippen molar-refractivity contribution in [3.05, 3.63) is 65.0 Å². The fraction of sp³-hybridized carbons (Fsp3) is 0.368. The SMILES string of the molecule is Fc1cccc(C2CC(Nc3ccc4c(c3)CCC4)C2)c1. The van der Waals surface area contributed by atoms with Gasteiger partial charge in [0.15, 0.2) is 0 Å². The Kier molecular flexibility index (Phi) is 3.17. The molecule has 1 N–H and O–H groups in total. The molecule has 1 nitrogen and oxygen atoms in total. The van der Waals surface area contributed by atoms with Crippen LogP contribution in [-0.4, -0.2) is 6.04 Å². The number of nitrogens with one attached hydrogen (secondary N) is 1. The largest absolute Gasteiger partial charge is 0.382 e. The highest BCUT2D eigenvalue weighted by molar-refractivity contribution is 5.51. The fourth-order valence-electron chi connectivity index (χ4n) is 3.67. The van der Waals surface area contributed by atoms with E-state index >= 15 is 0 Å². The van der Waals surface area contributed by atoms with Gasteiger partial charge in [0.05, 0.1) is 0 Å². The summed E-state index contributed by atoms with van der Waals surface area (Å²) >= 11 is 0. The summed E-state index contributed by atoms with van der Waals surface area (Å²) in [6, 6.07) is 14.4. The van der Waals surface area contributed by atoms with E-state index in [0.29, 0.717) is 12.0 Å². The number of hydrogen-bond acceptors (Lipinski definition) is 1. The van der Waals surface area contributed by atoms with Crippen molar-refractivity contribution in [3.8, 4) is 0 Å². The van der Waals surface area contributed by atoms with E-state index < -0.39 is 0 Å². The second-order valence-corrected chi connectivity index (χ2v) is 6.40. The van der Waals surface area contributed by atoms with Gasteiger partial charge in [-0.15, -0.1) is 0 Å². The van der Waals surface area contributed by atoms with Gasteiger partial charge in [0.25, 0.3) is 0 Å². The molecule has 0 aromatic heterocycles. The molecule has 0 amide bonds. The second kappa shape index (κ2) is 5.18. The summed E-state index contributed by atoms with van der Waals surface area (Å²) in [4.78, 5) is 0. The molecule has 1 saturated carbocycles. The molecule has 0 atom stereocenters. The van der Waals surface area contributed by atoms with Crippen molar-refractivity contribution in [2.24, 2.45) is 0 Å². The Morgan fingerprint density at radius 2 is 1.81 bits per heavy atom. The number of aryl methyl sites for hydroxylation is 2. The van der Waals surface area contributed by atoms with Gasteiger partial charge in [0.2, 0.25) is 0 Å². The standard InChI is InChI=1S/C19H20FN/c20-17-6-2-5-14(9-17)16-11-19(12-16)21-18-8-7-13-3-1-4-15(13)10-18/h2,5-10,16,19,21H,1,3-4,11-12H2. The van der Waals surface area contributed by atoms with E-state index in [4.69, 9.17) is 0 Å². The van der Waals surface area contributed by atoms with Crippen molar-refractivity contribution < 1.29 is 4.39 Å². The van der Waals surface area contributed by atoms with Crippen LogP contribution in [0.25, 0.3) is 0 Å². The van der Waals surface area contributed by atoms with Crippen LogP contribution in [0.1, 0.15) is 41.9 Å². The Bertz CT molecular complexity index is 658. The van der Waals surface area contributed by atoms with Crippen LogP contribution in [0.4, 0.5) is 10.1 Å².